The van der Waals surface area contributed by atoms with Gasteiger partial charge in [0.2, 0.25) is 0 Å². The van der Waals surface area contributed by atoms with E-state index in [2.05, 4.69) is 0 Å². The van der Waals surface area contributed by atoms with E-state index in [1.54, 1.807) is 24.3 Å². The SMILES string of the molecule is CCCC1CCCN(S(=O)(=O)NC(=O)OCc2ccccc2)C1C(=O)OC. The number of carbonyl (C=O) groups excluding carboxylic acids is 2. The van der Waals surface area contributed by atoms with E-state index in [9.17, 15) is 18.0 Å². The Hall–Kier alpha value is -2.13. The molecular weight excluding hydrogens is 372 g/mol. The minimum Gasteiger partial charge on any atom is -0.468 e. The number of nitrogens with one attached hydrogen (secondary N) is 1. The van der Waals surface area contributed by atoms with Gasteiger partial charge >= 0.3 is 22.3 Å². The molecule has 1 aromatic carbocycles. The van der Waals surface area contributed by atoms with Crippen LogP contribution in [-0.4, -0.2) is 44.5 Å². The number of hydrogen-bond acceptors (Lipinski definition) is 6. The third kappa shape index (κ3) is 5.67. The topological polar surface area (TPSA) is 102 Å². The second-order valence-electron chi connectivity index (χ2n) is 6.44. The molecule has 0 bridgehead atoms. The van der Waals surface area contributed by atoms with E-state index in [1.165, 1.54) is 7.11 Å². The standard InChI is InChI=1S/C18H26N2O6S/c1-3-8-15-11-7-12-20(16(15)17(21)25-2)27(23,24)19-18(22)26-13-14-9-5-4-6-10-14/h4-6,9-10,15-16H,3,7-8,11-13H2,1-2H3,(H,19,22). The third-order valence-electron chi connectivity index (χ3n) is 4.55. The molecule has 2 unspecified atom stereocenters. The van der Waals surface area contributed by atoms with Gasteiger partial charge in [-0.3, -0.25) is 4.79 Å². The minimum absolute atomic E-state index is 0.0545. The van der Waals surface area contributed by atoms with Crippen molar-refractivity contribution in [2.75, 3.05) is 13.7 Å². The van der Waals surface area contributed by atoms with Crippen LogP contribution in [0.3, 0.4) is 0 Å². The number of carbonyl (C=O) groups is 2. The number of methoxy groups -OCH3 is 1. The smallest absolute Gasteiger partial charge is 0.422 e. The maximum absolute atomic E-state index is 12.7. The molecule has 27 heavy (non-hydrogen) atoms. The van der Waals surface area contributed by atoms with Gasteiger partial charge in [0.1, 0.15) is 12.6 Å². The summed E-state index contributed by atoms with van der Waals surface area (Å²) in [4.78, 5) is 24.2. The van der Waals surface area contributed by atoms with Crippen molar-refractivity contribution >= 4 is 22.3 Å². The number of esters is 1. The molecule has 0 spiro atoms. The van der Waals surface area contributed by atoms with Crippen LogP contribution in [0.1, 0.15) is 38.2 Å². The molecule has 0 aliphatic carbocycles. The first kappa shape index (κ1) is 21.2. The summed E-state index contributed by atoms with van der Waals surface area (Å²) < 4.78 is 38.1. The van der Waals surface area contributed by atoms with Crippen molar-refractivity contribution in [2.24, 2.45) is 5.92 Å². The van der Waals surface area contributed by atoms with Gasteiger partial charge in [0.25, 0.3) is 0 Å². The summed E-state index contributed by atoms with van der Waals surface area (Å²) in [5.74, 6) is -0.760. The highest BCUT2D eigenvalue weighted by atomic mass is 32.2. The summed E-state index contributed by atoms with van der Waals surface area (Å²) in [5.41, 5.74) is 0.735. The molecule has 1 heterocycles. The molecule has 1 fully saturated rings. The Bertz CT molecular complexity index is 735. The molecule has 1 aromatic rings. The molecule has 0 saturated carbocycles. The summed E-state index contributed by atoms with van der Waals surface area (Å²) in [6.45, 7) is 2.06. The molecule has 1 saturated heterocycles. The number of benzene rings is 1. The van der Waals surface area contributed by atoms with E-state index in [4.69, 9.17) is 9.47 Å². The van der Waals surface area contributed by atoms with Crippen LogP contribution in [0, 0.1) is 5.92 Å². The van der Waals surface area contributed by atoms with Crippen LogP contribution in [0.2, 0.25) is 0 Å². The molecule has 2 rings (SSSR count). The maximum atomic E-state index is 12.7. The van der Waals surface area contributed by atoms with Crippen LogP contribution >= 0.6 is 0 Å². The molecule has 0 aromatic heterocycles. The molecular formula is C18H26N2O6S. The highest BCUT2D eigenvalue weighted by Gasteiger charge is 2.43. The first-order chi connectivity index (χ1) is 12.9. The van der Waals surface area contributed by atoms with Crippen molar-refractivity contribution in [2.45, 2.75) is 45.3 Å². The van der Waals surface area contributed by atoms with E-state index < -0.39 is 28.3 Å². The molecule has 1 aliphatic heterocycles. The Morgan fingerprint density at radius 1 is 1.26 bits per heavy atom. The van der Waals surface area contributed by atoms with Crippen LogP contribution in [0.4, 0.5) is 4.79 Å². The largest absolute Gasteiger partial charge is 0.468 e. The van der Waals surface area contributed by atoms with Crippen molar-refractivity contribution in [3.8, 4) is 0 Å². The summed E-state index contributed by atoms with van der Waals surface area (Å²) in [7, 11) is -3.01. The lowest BCUT2D eigenvalue weighted by molar-refractivity contribution is -0.148. The van der Waals surface area contributed by atoms with E-state index in [-0.39, 0.29) is 19.1 Å². The maximum Gasteiger partial charge on any atom is 0.422 e. The molecule has 1 N–H and O–H groups in total. The molecule has 9 heteroatoms. The predicted molar refractivity (Wildman–Crippen MR) is 98.8 cm³/mol. The van der Waals surface area contributed by atoms with Gasteiger partial charge in [-0.05, 0) is 30.7 Å². The lowest BCUT2D eigenvalue weighted by Crippen LogP contribution is -2.56. The molecule has 8 nitrogen and oxygen atoms in total. The van der Waals surface area contributed by atoms with Crippen molar-refractivity contribution in [3.63, 3.8) is 0 Å². The van der Waals surface area contributed by atoms with Gasteiger partial charge in [-0.15, -0.1) is 0 Å². The normalized spacial score (nSPS) is 20.7. The molecule has 1 amide bonds. The number of nitrogens with zero attached hydrogens (tertiary/aromatic N) is 1. The average Bonchev–Trinajstić information content (AvgIpc) is 2.66. The Labute approximate surface area is 160 Å². The molecule has 0 radical (unpaired) electrons. The van der Waals surface area contributed by atoms with E-state index in [0.717, 1.165) is 22.7 Å². The van der Waals surface area contributed by atoms with Crippen LogP contribution in [-0.2, 0) is 31.1 Å². The predicted octanol–water partition coefficient (Wildman–Crippen LogP) is 2.21. The van der Waals surface area contributed by atoms with Gasteiger partial charge < -0.3 is 9.47 Å². The quantitative estimate of drug-likeness (QED) is 0.707. The number of ether oxygens (including phenoxy) is 2. The Balaban J connectivity index is 2.07. The summed E-state index contributed by atoms with van der Waals surface area (Å²) >= 11 is 0. The van der Waals surface area contributed by atoms with Crippen molar-refractivity contribution < 1.29 is 27.5 Å². The number of amides is 1. The zero-order valence-electron chi connectivity index (χ0n) is 15.6. The zero-order chi connectivity index (χ0) is 19.9. The summed E-state index contributed by atoms with van der Waals surface area (Å²) in [6.07, 6.45) is 1.78. The fourth-order valence-electron chi connectivity index (χ4n) is 3.33. The molecule has 2 atom stereocenters. The third-order valence-corrected chi connectivity index (χ3v) is 6.00. The number of piperidine rings is 1. The monoisotopic (exact) mass is 398 g/mol. The Morgan fingerprint density at radius 3 is 2.59 bits per heavy atom. The first-order valence-corrected chi connectivity index (χ1v) is 10.4. The Morgan fingerprint density at radius 2 is 1.96 bits per heavy atom. The minimum atomic E-state index is -4.23. The highest BCUT2D eigenvalue weighted by Crippen LogP contribution is 2.30. The fourth-order valence-corrected chi connectivity index (χ4v) is 4.64. The zero-order valence-corrected chi connectivity index (χ0v) is 16.4. The van der Waals surface area contributed by atoms with Crippen LogP contribution in [0.5, 0.6) is 0 Å². The van der Waals surface area contributed by atoms with Gasteiger partial charge in [0, 0.05) is 6.54 Å². The van der Waals surface area contributed by atoms with E-state index in [1.807, 2.05) is 17.7 Å². The molecule has 150 valence electrons. The second-order valence-corrected chi connectivity index (χ2v) is 8.06. The van der Waals surface area contributed by atoms with Gasteiger partial charge in [-0.25, -0.2) is 9.52 Å². The van der Waals surface area contributed by atoms with Gasteiger partial charge in [-0.1, -0.05) is 43.7 Å². The number of hydrogen-bond donors (Lipinski definition) is 1. The van der Waals surface area contributed by atoms with Gasteiger partial charge in [0.15, 0.2) is 0 Å². The van der Waals surface area contributed by atoms with E-state index >= 15 is 0 Å². The molecule has 1 aliphatic rings. The lowest BCUT2D eigenvalue weighted by atomic mass is 9.87. The fraction of sp³-hybridized carbons (Fsp3) is 0.556. The van der Waals surface area contributed by atoms with Crippen molar-refractivity contribution in [1.29, 1.82) is 0 Å². The average molecular weight is 398 g/mol. The van der Waals surface area contributed by atoms with Crippen LogP contribution in [0.15, 0.2) is 30.3 Å². The first-order valence-electron chi connectivity index (χ1n) is 8.97. The summed E-state index contributed by atoms with van der Waals surface area (Å²) in [6, 6.07) is 7.98. The van der Waals surface area contributed by atoms with E-state index in [0.29, 0.717) is 12.8 Å². The van der Waals surface area contributed by atoms with Crippen molar-refractivity contribution in [1.82, 2.24) is 9.03 Å². The van der Waals surface area contributed by atoms with Crippen molar-refractivity contribution in [3.05, 3.63) is 35.9 Å². The number of rotatable bonds is 7. The highest BCUT2D eigenvalue weighted by molar-refractivity contribution is 7.87. The van der Waals surface area contributed by atoms with Gasteiger partial charge in [0.05, 0.1) is 7.11 Å². The van der Waals surface area contributed by atoms with Crippen LogP contribution in [0.25, 0.3) is 0 Å². The lowest BCUT2D eigenvalue weighted by Gasteiger charge is -2.38. The van der Waals surface area contributed by atoms with Crippen LogP contribution < -0.4 is 4.72 Å². The summed E-state index contributed by atoms with van der Waals surface area (Å²) in [5, 5.41) is 0. The van der Waals surface area contributed by atoms with Gasteiger partial charge in [-0.2, -0.15) is 12.7 Å². The Kier molecular flexibility index (Phi) is 7.61. The second kappa shape index (κ2) is 9.70.